The molecule has 0 saturated heterocycles. The molecule has 0 aliphatic carbocycles. The number of anilines is 1. The largest absolute Gasteiger partial charge is 0.396 e. The minimum absolute atomic E-state index is 0.246. The molecule has 2 N–H and O–H groups in total. The van der Waals surface area contributed by atoms with Crippen molar-refractivity contribution in [1.82, 2.24) is 4.98 Å². The first-order chi connectivity index (χ1) is 8.33. The van der Waals surface area contributed by atoms with Gasteiger partial charge >= 0.3 is 0 Å². The summed E-state index contributed by atoms with van der Waals surface area (Å²) >= 11 is 3.54. The fourth-order valence-corrected chi connectivity index (χ4v) is 2.25. The van der Waals surface area contributed by atoms with Gasteiger partial charge in [-0.2, -0.15) is 0 Å². The smallest absolute Gasteiger partial charge is 0.133 e. The second-order valence-electron chi connectivity index (χ2n) is 3.85. The normalized spacial score (nSPS) is 10.7. The first-order valence-electron chi connectivity index (χ1n) is 5.71. The second-order valence-corrected chi connectivity index (χ2v) is 4.71. The van der Waals surface area contributed by atoms with Gasteiger partial charge < -0.3 is 10.4 Å². The summed E-state index contributed by atoms with van der Waals surface area (Å²) in [6, 6.07) is 8.09. The maximum absolute atomic E-state index is 8.72. The van der Waals surface area contributed by atoms with Gasteiger partial charge in [0.1, 0.15) is 5.82 Å². The molecular formula is C13H15BrN2O. The summed E-state index contributed by atoms with van der Waals surface area (Å²) in [4.78, 5) is 4.35. The van der Waals surface area contributed by atoms with Crippen molar-refractivity contribution in [2.45, 2.75) is 12.8 Å². The van der Waals surface area contributed by atoms with Crippen LogP contribution >= 0.6 is 15.9 Å². The molecule has 0 amide bonds. The van der Waals surface area contributed by atoms with Crippen LogP contribution in [-0.2, 0) is 0 Å². The molecule has 1 heterocycles. The van der Waals surface area contributed by atoms with Gasteiger partial charge in [0, 0.05) is 34.6 Å². The number of benzene rings is 1. The monoisotopic (exact) mass is 294 g/mol. The van der Waals surface area contributed by atoms with Crippen molar-refractivity contribution in [3.63, 3.8) is 0 Å². The first kappa shape index (κ1) is 12.3. The third kappa shape index (κ3) is 2.96. The van der Waals surface area contributed by atoms with E-state index in [0.29, 0.717) is 0 Å². The number of halogens is 1. The van der Waals surface area contributed by atoms with E-state index in [1.807, 2.05) is 24.4 Å². The van der Waals surface area contributed by atoms with E-state index in [0.717, 1.165) is 40.4 Å². The summed E-state index contributed by atoms with van der Waals surface area (Å²) in [5.74, 6) is 0.904. The van der Waals surface area contributed by atoms with E-state index in [4.69, 9.17) is 5.11 Å². The van der Waals surface area contributed by atoms with E-state index < -0.39 is 0 Å². The van der Waals surface area contributed by atoms with E-state index in [2.05, 4.69) is 32.3 Å². The number of aliphatic hydroxyl groups is 1. The molecule has 4 heteroatoms. The van der Waals surface area contributed by atoms with Gasteiger partial charge in [0.25, 0.3) is 0 Å². The SMILES string of the molecule is OCCCCNc1nccc2c(Br)cccc12. The highest BCUT2D eigenvalue weighted by molar-refractivity contribution is 9.10. The summed E-state index contributed by atoms with van der Waals surface area (Å²) < 4.78 is 1.08. The van der Waals surface area contributed by atoms with Crippen LogP contribution in [0.4, 0.5) is 5.82 Å². The van der Waals surface area contributed by atoms with Crippen LogP contribution in [-0.4, -0.2) is 23.2 Å². The molecule has 90 valence electrons. The van der Waals surface area contributed by atoms with Crippen molar-refractivity contribution in [3.05, 3.63) is 34.9 Å². The van der Waals surface area contributed by atoms with E-state index in [1.54, 1.807) is 0 Å². The third-order valence-corrected chi connectivity index (χ3v) is 3.32. The highest BCUT2D eigenvalue weighted by Gasteiger charge is 2.03. The Morgan fingerprint density at radius 1 is 1.18 bits per heavy atom. The number of nitrogens with zero attached hydrogens (tertiary/aromatic N) is 1. The molecule has 0 saturated carbocycles. The molecule has 0 unspecified atom stereocenters. The molecule has 2 rings (SSSR count). The predicted molar refractivity (Wildman–Crippen MR) is 74.3 cm³/mol. The lowest BCUT2D eigenvalue weighted by Gasteiger charge is -2.09. The van der Waals surface area contributed by atoms with Gasteiger partial charge in [0.2, 0.25) is 0 Å². The number of aromatic nitrogens is 1. The number of hydrogen-bond acceptors (Lipinski definition) is 3. The van der Waals surface area contributed by atoms with Crippen molar-refractivity contribution < 1.29 is 5.11 Å². The lowest BCUT2D eigenvalue weighted by Crippen LogP contribution is -2.04. The van der Waals surface area contributed by atoms with E-state index in [1.165, 1.54) is 0 Å². The van der Waals surface area contributed by atoms with Crippen molar-refractivity contribution in [2.75, 3.05) is 18.5 Å². The van der Waals surface area contributed by atoms with Crippen molar-refractivity contribution in [2.24, 2.45) is 0 Å². The molecule has 0 aliphatic rings. The Morgan fingerprint density at radius 2 is 2.06 bits per heavy atom. The molecule has 2 aromatic rings. The lowest BCUT2D eigenvalue weighted by molar-refractivity contribution is 0.286. The summed E-state index contributed by atoms with van der Waals surface area (Å²) in [6.45, 7) is 1.08. The molecule has 0 spiro atoms. The van der Waals surface area contributed by atoms with E-state index in [9.17, 15) is 0 Å². The third-order valence-electron chi connectivity index (χ3n) is 2.63. The Hall–Kier alpha value is -1.13. The summed E-state index contributed by atoms with van der Waals surface area (Å²) in [5, 5.41) is 14.3. The van der Waals surface area contributed by atoms with Gasteiger partial charge in [-0.05, 0) is 25.0 Å². The highest BCUT2D eigenvalue weighted by Crippen LogP contribution is 2.27. The Balaban J connectivity index is 2.19. The van der Waals surface area contributed by atoms with Crippen molar-refractivity contribution in [1.29, 1.82) is 0 Å². The molecule has 1 aromatic carbocycles. The van der Waals surface area contributed by atoms with E-state index in [-0.39, 0.29) is 6.61 Å². The average molecular weight is 295 g/mol. The molecule has 1 aromatic heterocycles. The van der Waals surface area contributed by atoms with Gasteiger partial charge in [-0.1, -0.05) is 28.1 Å². The molecule has 0 atom stereocenters. The Kier molecular flexibility index (Phi) is 4.34. The van der Waals surface area contributed by atoms with E-state index >= 15 is 0 Å². The Labute approximate surface area is 109 Å². The molecule has 3 nitrogen and oxygen atoms in total. The van der Waals surface area contributed by atoms with Crippen LogP contribution in [0.15, 0.2) is 34.9 Å². The van der Waals surface area contributed by atoms with Crippen LogP contribution < -0.4 is 5.32 Å². The van der Waals surface area contributed by atoms with Gasteiger partial charge in [-0.15, -0.1) is 0 Å². The predicted octanol–water partition coefficient (Wildman–Crippen LogP) is 3.18. The van der Waals surface area contributed by atoms with Crippen molar-refractivity contribution >= 4 is 32.5 Å². The number of nitrogens with one attached hydrogen (secondary N) is 1. The standard InChI is InChI=1S/C13H15BrN2O/c14-12-5-3-4-11-10(12)6-8-16-13(11)15-7-1-2-9-17/h3-6,8,17H,1-2,7,9H2,(H,15,16). The maximum Gasteiger partial charge on any atom is 0.133 e. The number of fused-ring (bicyclic) bond motifs is 1. The molecule has 0 aliphatic heterocycles. The number of aliphatic hydroxyl groups excluding tert-OH is 1. The van der Waals surface area contributed by atoms with Crippen LogP contribution in [0.2, 0.25) is 0 Å². The average Bonchev–Trinajstić information content (AvgIpc) is 2.36. The minimum atomic E-state index is 0.246. The second kappa shape index (κ2) is 5.98. The van der Waals surface area contributed by atoms with Crippen LogP contribution in [0, 0.1) is 0 Å². The fraction of sp³-hybridized carbons (Fsp3) is 0.308. The van der Waals surface area contributed by atoms with Gasteiger partial charge in [0.15, 0.2) is 0 Å². The van der Waals surface area contributed by atoms with Gasteiger partial charge in [-0.3, -0.25) is 0 Å². The molecule has 0 bridgehead atoms. The maximum atomic E-state index is 8.72. The molecular weight excluding hydrogens is 280 g/mol. The van der Waals surface area contributed by atoms with Crippen LogP contribution in [0.5, 0.6) is 0 Å². The summed E-state index contributed by atoms with van der Waals surface area (Å²) in [6.07, 6.45) is 3.57. The topological polar surface area (TPSA) is 45.1 Å². The Morgan fingerprint density at radius 3 is 2.88 bits per heavy atom. The number of rotatable bonds is 5. The Bertz CT molecular complexity index is 502. The fourth-order valence-electron chi connectivity index (χ4n) is 1.75. The first-order valence-corrected chi connectivity index (χ1v) is 6.50. The number of unbranched alkanes of at least 4 members (excludes halogenated alkanes) is 1. The lowest BCUT2D eigenvalue weighted by atomic mass is 10.1. The zero-order valence-corrected chi connectivity index (χ0v) is 11.1. The van der Waals surface area contributed by atoms with Crippen LogP contribution in [0.1, 0.15) is 12.8 Å². The molecule has 0 radical (unpaired) electrons. The summed E-state index contributed by atoms with van der Waals surface area (Å²) in [5.41, 5.74) is 0. The van der Waals surface area contributed by atoms with Crippen LogP contribution in [0.3, 0.4) is 0 Å². The zero-order chi connectivity index (χ0) is 12.1. The highest BCUT2D eigenvalue weighted by atomic mass is 79.9. The zero-order valence-electron chi connectivity index (χ0n) is 9.49. The number of pyridine rings is 1. The minimum Gasteiger partial charge on any atom is -0.396 e. The molecule has 0 fully saturated rings. The quantitative estimate of drug-likeness (QED) is 0.833. The summed E-state index contributed by atoms with van der Waals surface area (Å²) in [7, 11) is 0. The number of hydrogen-bond donors (Lipinski definition) is 2. The molecule has 17 heavy (non-hydrogen) atoms. The van der Waals surface area contributed by atoms with Gasteiger partial charge in [-0.25, -0.2) is 4.98 Å². The van der Waals surface area contributed by atoms with Crippen LogP contribution in [0.25, 0.3) is 10.8 Å². The van der Waals surface area contributed by atoms with Crippen molar-refractivity contribution in [3.8, 4) is 0 Å². The van der Waals surface area contributed by atoms with Gasteiger partial charge in [0.05, 0.1) is 0 Å².